The number of carbonyl (C=O) groups is 2. The molecular formula is C17H20N2O4S2. The summed E-state index contributed by atoms with van der Waals surface area (Å²) in [6.07, 6.45) is 1.17. The maximum absolute atomic E-state index is 13.0. The van der Waals surface area contributed by atoms with Gasteiger partial charge in [-0.1, -0.05) is 6.07 Å². The van der Waals surface area contributed by atoms with Gasteiger partial charge in [0, 0.05) is 20.2 Å². The van der Waals surface area contributed by atoms with Gasteiger partial charge in [-0.2, -0.15) is 0 Å². The molecule has 0 aliphatic carbocycles. The van der Waals surface area contributed by atoms with Crippen LogP contribution in [0.25, 0.3) is 9.88 Å². The molecule has 3 rings (SSSR count). The van der Waals surface area contributed by atoms with Crippen LogP contribution in [-0.4, -0.2) is 53.7 Å². The van der Waals surface area contributed by atoms with E-state index in [1.54, 1.807) is 16.2 Å². The molecule has 2 aromatic rings. The minimum atomic E-state index is -1.03. The predicted octanol–water partition coefficient (Wildman–Crippen LogP) is 3.13. The number of rotatable bonds is 5. The monoisotopic (exact) mass is 380 g/mol. The molecule has 1 amide bonds. The fraction of sp³-hybridized carbons (Fsp3) is 0.471. The van der Waals surface area contributed by atoms with Gasteiger partial charge in [0.25, 0.3) is 5.91 Å². The molecular weight excluding hydrogens is 360 g/mol. The first-order valence-electron chi connectivity index (χ1n) is 8.00. The van der Waals surface area contributed by atoms with Gasteiger partial charge in [0.15, 0.2) is 0 Å². The van der Waals surface area contributed by atoms with E-state index in [4.69, 9.17) is 4.74 Å². The Labute approximate surface area is 154 Å². The smallest absolute Gasteiger partial charge is 0.313 e. The Morgan fingerprint density at radius 2 is 2.28 bits per heavy atom. The van der Waals surface area contributed by atoms with Gasteiger partial charge in [-0.15, -0.1) is 22.7 Å². The van der Waals surface area contributed by atoms with E-state index >= 15 is 0 Å². The second-order valence-electron chi connectivity index (χ2n) is 6.26. The topological polar surface area (TPSA) is 79.7 Å². The van der Waals surface area contributed by atoms with Crippen molar-refractivity contribution in [1.29, 1.82) is 0 Å². The number of amides is 1. The SMILES string of the molecule is COCC1(C(=O)O)CCCN(C(=O)c2sc(-c3cccs3)nc2C)C1. The molecule has 1 fully saturated rings. The molecule has 1 N–H and O–H groups in total. The molecule has 134 valence electrons. The van der Waals surface area contributed by atoms with Crippen molar-refractivity contribution in [2.45, 2.75) is 19.8 Å². The lowest BCUT2D eigenvalue weighted by molar-refractivity contribution is -0.155. The van der Waals surface area contributed by atoms with Crippen molar-refractivity contribution in [1.82, 2.24) is 9.88 Å². The van der Waals surface area contributed by atoms with E-state index in [0.29, 0.717) is 30.0 Å². The quantitative estimate of drug-likeness (QED) is 0.862. The summed E-state index contributed by atoms with van der Waals surface area (Å²) in [6, 6.07) is 3.93. The van der Waals surface area contributed by atoms with Gasteiger partial charge >= 0.3 is 5.97 Å². The van der Waals surface area contributed by atoms with Crippen LogP contribution in [0, 0.1) is 12.3 Å². The second kappa shape index (κ2) is 7.23. The maximum Gasteiger partial charge on any atom is 0.313 e. The average Bonchev–Trinajstić information content (AvgIpc) is 3.24. The van der Waals surface area contributed by atoms with E-state index in [9.17, 15) is 14.7 Å². The highest BCUT2D eigenvalue weighted by Crippen LogP contribution is 2.35. The lowest BCUT2D eigenvalue weighted by atomic mass is 9.80. The summed E-state index contributed by atoms with van der Waals surface area (Å²) >= 11 is 2.95. The Bertz CT molecular complexity index is 768. The number of hydrogen-bond acceptors (Lipinski definition) is 6. The van der Waals surface area contributed by atoms with Crippen LogP contribution in [0.3, 0.4) is 0 Å². The number of nitrogens with zero attached hydrogens (tertiary/aromatic N) is 2. The summed E-state index contributed by atoms with van der Waals surface area (Å²) in [6.45, 7) is 2.66. The zero-order chi connectivity index (χ0) is 18.0. The van der Waals surface area contributed by atoms with Crippen molar-refractivity contribution < 1.29 is 19.4 Å². The zero-order valence-electron chi connectivity index (χ0n) is 14.2. The van der Waals surface area contributed by atoms with Crippen molar-refractivity contribution in [2.24, 2.45) is 5.41 Å². The number of methoxy groups -OCH3 is 1. The van der Waals surface area contributed by atoms with Crippen LogP contribution in [0.5, 0.6) is 0 Å². The van der Waals surface area contributed by atoms with E-state index in [1.807, 2.05) is 24.4 Å². The number of aryl methyl sites for hydroxylation is 1. The summed E-state index contributed by atoms with van der Waals surface area (Å²) < 4.78 is 5.13. The van der Waals surface area contributed by atoms with E-state index in [0.717, 1.165) is 9.88 Å². The number of aliphatic carboxylic acids is 1. The number of ether oxygens (including phenoxy) is 1. The van der Waals surface area contributed by atoms with Gasteiger partial charge in [0.2, 0.25) is 0 Å². The average molecular weight is 380 g/mol. The highest BCUT2D eigenvalue weighted by Gasteiger charge is 2.44. The minimum Gasteiger partial charge on any atom is -0.481 e. The highest BCUT2D eigenvalue weighted by molar-refractivity contribution is 7.22. The van der Waals surface area contributed by atoms with Crippen LogP contribution in [0.1, 0.15) is 28.2 Å². The third kappa shape index (κ3) is 3.47. The fourth-order valence-electron chi connectivity index (χ4n) is 3.18. The number of carboxylic acids is 1. The number of thiazole rings is 1. The molecule has 8 heteroatoms. The van der Waals surface area contributed by atoms with Gasteiger partial charge < -0.3 is 14.7 Å². The number of hydrogen-bond donors (Lipinski definition) is 1. The number of thiophene rings is 1. The van der Waals surface area contributed by atoms with E-state index in [2.05, 4.69) is 4.98 Å². The number of carboxylic acid groups (broad SMARTS) is 1. The molecule has 25 heavy (non-hydrogen) atoms. The molecule has 0 spiro atoms. The molecule has 0 radical (unpaired) electrons. The van der Waals surface area contributed by atoms with E-state index in [1.165, 1.54) is 18.4 Å². The molecule has 1 aliphatic rings. The second-order valence-corrected chi connectivity index (χ2v) is 8.21. The van der Waals surface area contributed by atoms with Gasteiger partial charge in [-0.25, -0.2) is 4.98 Å². The van der Waals surface area contributed by atoms with Crippen LogP contribution in [-0.2, 0) is 9.53 Å². The lowest BCUT2D eigenvalue weighted by Gasteiger charge is -2.39. The summed E-state index contributed by atoms with van der Waals surface area (Å²) in [5.74, 6) is -1.05. The molecule has 0 aromatic carbocycles. The molecule has 1 atom stereocenters. The first-order valence-corrected chi connectivity index (χ1v) is 9.69. The summed E-state index contributed by atoms with van der Waals surface area (Å²) in [7, 11) is 1.49. The Morgan fingerprint density at radius 3 is 2.92 bits per heavy atom. The normalized spacial score (nSPS) is 20.6. The number of aromatic nitrogens is 1. The van der Waals surface area contributed by atoms with Crippen molar-refractivity contribution in [3.63, 3.8) is 0 Å². The number of likely N-dealkylation sites (tertiary alicyclic amines) is 1. The molecule has 3 heterocycles. The number of piperidine rings is 1. The van der Waals surface area contributed by atoms with Crippen LogP contribution < -0.4 is 0 Å². The third-order valence-electron chi connectivity index (χ3n) is 4.46. The van der Waals surface area contributed by atoms with Crippen LogP contribution >= 0.6 is 22.7 Å². The fourth-order valence-corrected chi connectivity index (χ4v) is 5.01. The first kappa shape index (κ1) is 18.0. The minimum absolute atomic E-state index is 0.105. The highest BCUT2D eigenvalue weighted by atomic mass is 32.1. The standard InChI is InChI=1S/C17H20N2O4S2/c1-11-13(25-14(18-11)12-5-3-8-24-12)15(20)19-7-4-6-17(9-19,10-23-2)16(21)22/h3,5,8H,4,6-7,9-10H2,1-2H3,(H,21,22). The Kier molecular flexibility index (Phi) is 5.21. The molecule has 0 bridgehead atoms. The molecule has 0 saturated carbocycles. The Balaban J connectivity index is 1.84. The van der Waals surface area contributed by atoms with Crippen molar-refractivity contribution in [3.8, 4) is 9.88 Å². The third-order valence-corrected chi connectivity index (χ3v) is 6.65. The van der Waals surface area contributed by atoms with Crippen molar-refractivity contribution >= 4 is 34.6 Å². The predicted molar refractivity (Wildman–Crippen MR) is 97.2 cm³/mol. The zero-order valence-corrected chi connectivity index (χ0v) is 15.8. The molecule has 2 aromatic heterocycles. The van der Waals surface area contributed by atoms with Crippen molar-refractivity contribution in [2.75, 3.05) is 26.8 Å². The maximum atomic E-state index is 13.0. The Morgan fingerprint density at radius 1 is 1.48 bits per heavy atom. The van der Waals surface area contributed by atoms with Gasteiger partial charge in [0.05, 0.1) is 17.2 Å². The van der Waals surface area contributed by atoms with Crippen LogP contribution in [0.4, 0.5) is 0 Å². The van der Waals surface area contributed by atoms with E-state index in [-0.39, 0.29) is 19.1 Å². The Hall–Kier alpha value is -1.77. The molecule has 1 saturated heterocycles. The van der Waals surface area contributed by atoms with Gasteiger partial charge in [-0.05, 0) is 31.2 Å². The largest absolute Gasteiger partial charge is 0.481 e. The van der Waals surface area contributed by atoms with Crippen molar-refractivity contribution in [3.05, 3.63) is 28.1 Å². The molecule has 1 unspecified atom stereocenters. The summed E-state index contributed by atoms with van der Waals surface area (Å²) in [5, 5.41) is 12.5. The van der Waals surface area contributed by atoms with Gasteiger partial charge in [-0.3, -0.25) is 9.59 Å². The summed E-state index contributed by atoms with van der Waals surface area (Å²) in [4.78, 5) is 32.5. The molecule has 6 nitrogen and oxygen atoms in total. The number of carbonyl (C=O) groups excluding carboxylic acids is 1. The first-order chi connectivity index (χ1) is 12.0. The van der Waals surface area contributed by atoms with E-state index < -0.39 is 11.4 Å². The van der Waals surface area contributed by atoms with Gasteiger partial charge in [0.1, 0.15) is 15.3 Å². The van der Waals surface area contributed by atoms with Crippen LogP contribution in [0.2, 0.25) is 0 Å². The van der Waals surface area contributed by atoms with Crippen LogP contribution in [0.15, 0.2) is 17.5 Å². The summed E-state index contributed by atoms with van der Waals surface area (Å²) in [5.41, 5.74) is -0.339. The lowest BCUT2D eigenvalue weighted by Crippen LogP contribution is -2.52. The molecule has 1 aliphatic heterocycles.